The maximum absolute atomic E-state index is 10.7. The molecule has 0 saturated heterocycles. The molecule has 0 aliphatic heterocycles. The summed E-state index contributed by atoms with van der Waals surface area (Å²) in [5, 5.41) is 18.9. The standard InChI is InChI=1S/C18H23ClN4O3/c1-11(2)8-18(3,20)10-26-15-5-4-12(6-14(15)19)13-7-16(22-17(24)25)23-21-9-13/h4-7,9,11H,8,10,20H2,1-3H3,(H,22,23)(H,24,25). The average molecular weight is 379 g/mol. The number of halogens is 1. The minimum atomic E-state index is -1.20. The highest BCUT2D eigenvalue weighted by Gasteiger charge is 2.21. The molecule has 2 aromatic rings. The van der Waals surface area contributed by atoms with Gasteiger partial charge in [-0.25, -0.2) is 4.79 Å². The lowest BCUT2D eigenvalue weighted by molar-refractivity contribution is 0.207. The molecule has 0 radical (unpaired) electrons. The monoisotopic (exact) mass is 378 g/mol. The number of nitrogens with zero attached hydrogens (tertiary/aromatic N) is 2. The molecule has 1 aromatic heterocycles. The second kappa shape index (κ2) is 8.33. The van der Waals surface area contributed by atoms with E-state index in [0.29, 0.717) is 28.9 Å². The third-order valence-electron chi connectivity index (χ3n) is 3.59. The predicted octanol–water partition coefficient (Wildman–Crippen LogP) is 4.03. The number of carboxylic acid groups (broad SMARTS) is 1. The molecule has 0 aliphatic rings. The Kier molecular flexibility index (Phi) is 6.39. The lowest BCUT2D eigenvalue weighted by Crippen LogP contribution is -2.43. The Labute approximate surface area is 157 Å². The van der Waals surface area contributed by atoms with Crippen LogP contribution in [0.3, 0.4) is 0 Å². The molecule has 0 saturated carbocycles. The van der Waals surface area contributed by atoms with Gasteiger partial charge in [-0.05, 0) is 43.0 Å². The van der Waals surface area contributed by atoms with Gasteiger partial charge in [0.05, 0.1) is 11.2 Å². The van der Waals surface area contributed by atoms with Gasteiger partial charge in [-0.15, -0.1) is 5.10 Å². The molecule has 26 heavy (non-hydrogen) atoms. The van der Waals surface area contributed by atoms with Crippen LogP contribution in [0, 0.1) is 5.92 Å². The topological polar surface area (TPSA) is 110 Å². The van der Waals surface area contributed by atoms with Crippen LogP contribution in [0.25, 0.3) is 11.1 Å². The molecule has 0 bridgehead atoms. The Balaban J connectivity index is 2.13. The summed E-state index contributed by atoms with van der Waals surface area (Å²) in [7, 11) is 0. The summed E-state index contributed by atoms with van der Waals surface area (Å²) in [4.78, 5) is 10.7. The summed E-state index contributed by atoms with van der Waals surface area (Å²) in [6.07, 6.45) is 1.16. The first-order valence-electron chi connectivity index (χ1n) is 8.20. The minimum absolute atomic E-state index is 0.138. The second-order valence-electron chi connectivity index (χ2n) is 6.95. The number of amides is 1. The number of hydrogen-bond donors (Lipinski definition) is 3. The summed E-state index contributed by atoms with van der Waals surface area (Å²) >= 11 is 6.33. The van der Waals surface area contributed by atoms with E-state index >= 15 is 0 Å². The number of aromatic nitrogens is 2. The van der Waals surface area contributed by atoms with Crippen LogP contribution in [0.2, 0.25) is 5.02 Å². The van der Waals surface area contributed by atoms with Crippen LogP contribution in [-0.2, 0) is 0 Å². The van der Waals surface area contributed by atoms with Crippen LogP contribution in [-0.4, -0.2) is 33.5 Å². The molecule has 0 aliphatic carbocycles. The van der Waals surface area contributed by atoms with Crippen molar-refractivity contribution < 1.29 is 14.6 Å². The van der Waals surface area contributed by atoms with Crippen molar-refractivity contribution in [3.63, 3.8) is 0 Å². The number of rotatable bonds is 7. The van der Waals surface area contributed by atoms with Gasteiger partial charge >= 0.3 is 6.09 Å². The highest BCUT2D eigenvalue weighted by Crippen LogP contribution is 2.31. The van der Waals surface area contributed by atoms with E-state index in [0.717, 1.165) is 12.0 Å². The summed E-state index contributed by atoms with van der Waals surface area (Å²) in [6.45, 7) is 6.54. The van der Waals surface area contributed by atoms with Crippen molar-refractivity contribution in [2.45, 2.75) is 32.7 Å². The van der Waals surface area contributed by atoms with Gasteiger partial charge in [0.15, 0.2) is 5.82 Å². The van der Waals surface area contributed by atoms with Crippen LogP contribution in [0.15, 0.2) is 30.5 Å². The first-order valence-corrected chi connectivity index (χ1v) is 8.58. The van der Waals surface area contributed by atoms with E-state index in [1.807, 2.05) is 13.0 Å². The molecule has 1 unspecified atom stereocenters. The number of anilines is 1. The van der Waals surface area contributed by atoms with E-state index in [1.165, 1.54) is 6.20 Å². The zero-order valence-corrected chi connectivity index (χ0v) is 15.7. The molecule has 7 nitrogen and oxygen atoms in total. The Morgan fingerprint density at radius 3 is 2.73 bits per heavy atom. The smallest absolute Gasteiger partial charge is 0.410 e. The van der Waals surface area contributed by atoms with Crippen LogP contribution in [0.1, 0.15) is 27.2 Å². The summed E-state index contributed by atoms with van der Waals surface area (Å²) < 4.78 is 5.79. The highest BCUT2D eigenvalue weighted by molar-refractivity contribution is 6.32. The fourth-order valence-electron chi connectivity index (χ4n) is 2.73. The number of benzene rings is 1. The normalized spacial score (nSPS) is 13.3. The Morgan fingerprint density at radius 1 is 1.38 bits per heavy atom. The largest absolute Gasteiger partial charge is 0.490 e. The Bertz CT molecular complexity index is 781. The van der Waals surface area contributed by atoms with E-state index in [9.17, 15) is 4.79 Å². The van der Waals surface area contributed by atoms with E-state index < -0.39 is 11.6 Å². The molecule has 0 fully saturated rings. The van der Waals surface area contributed by atoms with Gasteiger partial charge < -0.3 is 15.6 Å². The van der Waals surface area contributed by atoms with Crippen molar-refractivity contribution in [2.75, 3.05) is 11.9 Å². The van der Waals surface area contributed by atoms with Gasteiger partial charge in [-0.1, -0.05) is 31.5 Å². The van der Waals surface area contributed by atoms with E-state index in [-0.39, 0.29) is 5.82 Å². The quantitative estimate of drug-likeness (QED) is 0.670. The Hall–Kier alpha value is -2.38. The molecule has 0 spiro atoms. The van der Waals surface area contributed by atoms with Crippen molar-refractivity contribution in [3.8, 4) is 16.9 Å². The third kappa shape index (κ3) is 5.86. The van der Waals surface area contributed by atoms with E-state index in [2.05, 4.69) is 29.4 Å². The van der Waals surface area contributed by atoms with Gasteiger partial charge in [-0.3, -0.25) is 5.32 Å². The molecule has 1 amide bonds. The molecular formula is C18H23ClN4O3. The van der Waals surface area contributed by atoms with Crippen molar-refractivity contribution in [1.29, 1.82) is 0 Å². The van der Waals surface area contributed by atoms with Crippen LogP contribution in [0.4, 0.5) is 10.6 Å². The molecule has 4 N–H and O–H groups in total. The number of nitrogens with one attached hydrogen (secondary N) is 1. The van der Waals surface area contributed by atoms with E-state index in [1.54, 1.807) is 18.2 Å². The lowest BCUT2D eigenvalue weighted by atomic mass is 9.93. The van der Waals surface area contributed by atoms with Crippen molar-refractivity contribution in [3.05, 3.63) is 35.5 Å². The molecule has 1 atom stereocenters. The van der Waals surface area contributed by atoms with Crippen molar-refractivity contribution >= 4 is 23.5 Å². The SMILES string of the molecule is CC(C)CC(C)(N)COc1ccc(-c2cnnc(NC(=O)O)c2)cc1Cl. The summed E-state index contributed by atoms with van der Waals surface area (Å²) in [5.41, 5.74) is 7.26. The number of ether oxygens (including phenoxy) is 1. The molecular weight excluding hydrogens is 356 g/mol. The van der Waals surface area contributed by atoms with Crippen molar-refractivity contribution in [1.82, 2.24) is 10.2 Å². The second-order valence-corrected chi connectivity index (χ2v) is 7.35. The maximum atomic E-state index is 10.7. The summed E-state index contributed by atoms with van der Waals surface area (Å²) in [5.74, 6) is 1.15. The molecule has 2 rings (SSSR count). The third-order valence-corrected chi connectivity index (χ3v) is 3.88. The highest BCUT2D eigenvalue weighted by atomic mass is 35.5. The van der Waals surface area contributed by atoms with Crippen LogP contribution in [0.5, 0.6) is 5.75 Å². The van der Waals surface area contributed by atoms with Gasteiger partial charge in [0, 0.05) is 11.1 Å². The maximum Gasteiger partial charge on any atom is 0.410 e. The molecule has 140 valence electrons. The first-order chi connectivity index (χ1) is 12.2. The fourth-order valence-corrected chi connectivity index (χ4v) is 2.96. The lowest BCUT2D eigenvalue weighted by Gasteiger charge is -2.26. The molecule has 8 heteroatoms. The number of hydrogen-bond acceptors (Lipinski definition) is 5. The van der Waals surface area contributed by atoms with Crippen molar-refractivity contribution in [2.24, 2.45) is 11.7 Å². The van der Waals surface area contributed by atoms with Crippen LogP contribution >= 0.6 is 11.6 Å². The van der Waals surface area contributed by atoms with Gasteiger partial charge in [0.2, 0.25) is 0 Å². The van der Waals surface area contributed by atoms with Crippen LogP contribution < -0.4 is 15.8 Å². The van der Waals surface area contributed by atoms with Gasteiger partial charge in [0.25, 0.3) is 0 Å². The summed E-state index contributed by atoms with van der Waals surface area (Å²) in [6, 6.07) is 6.88. The fraction of sp³-hybridized carbons (Fsp3) is 0.389. The first kappa shape index (κ1) is 19.9. The van der Waals surface area contributed by atoms with Gasteiger partial charge in [-0.2, -0.15) is 5.10 Å². The zero-order chi connectivity index (χ0) is 19.3. The van der Waals surface area contributed by atoms with Gasteiger partial charge in [0.1, 0.15) is 12.4 Å². The Morgan fingerprint density at radius 2 is 2.12 bits per heavy atom. The number of nitrogens with two attached hydrogens (primary N) is 1. The average Bonchev–Trinajstić information content (AvgIpc) is 2.52. The number of carbonyl (C=O) groups is 1. The molecule has 1 heterocycles. The van der Waals surface area contributed by atoms with E-state index in [4.69, 9.17) is 27.2 Å². The molecule has 1 aromatic carbocycles. The predicted molar refractivity (Wildman–Crippen MR) is 102 cm³/mol. The minimum Gasteiger partial charge on any atom is -0.490 e. The zero-order valence-electron chi connectivity index (χ0n) is 15.0.